The first-order valence-electron chi connectivity index (χ1n) is 9.37. The van der Waals surface area contributed by atoms with Gasteiger partial charge in [-0.2, -0.15) is 0 Å². The smallest absolute Gasteiger partial charge is 0.295 e. The van der Waals surface area contributed by atoms with E-state index in [0.29, 0.717) is 17.2 Å². The maximum Gasteiger partial charge on any atom is 0.295 e. The number of rotatable bonds is 4. The fraction of sp³-hybridized carbons (Fsp3) is 0.273. The zero-order valence-corrected chi connectivity index (χ0v) is 16.2. The van der Waals surface area contributed by atoms with Gasteiger partial charge < -0.3 is 14.7 Å². The van der Waals surface area contributed by atoms with E-state index in [4.69, 9.17) is 16.3 Å². The van der Waals surface area contributed by atoms with Crippen molar-refractivity contribution in [1.82, 2.24) is 4.90 Å². The van der Waals surface area contributed by atoms with Crippen LogP contribution in [0.2, 0.25) is 5.02 Å². The van der Waals surface area contributed by atoms with E-state index >= 15 is 0 Å². The van der Waals surface area contributed by atoms with E-state index < -0.39 is 23.5 Å². The molecule has 2 fully saturated rings. The molecule has 2 saturated heterocycles. The Kier molecular flexibility index (Phi) is 5.39. The van der Waals surface area contributed by atoms with E-state index in [2.05, 4.69) is 0 Å². The van der Waals surface area contributed by atoms with Crippen molar-refractivity contribution in [2.45, 2.75) is 25.0 Å². The molecule has 29 heavy (non-hydrogen) atoms. The first-order chi connectivity index (χ1) is 14.0. The van der Waals surface area contributed by atoms with E-state index in [9.17, 15) is 19.1 Å². The van der Waals surface area contributed by atoms with Gasteiger partial charge in [-0.3, -0.25) is 9.59 Å². The van der Waals surface area contributed by atoms with Gasteiger partial charge in [0.2, 0.25) is 0 Å². The monoisotopic (exact) mass is 415 g/mol. The molecule has 0 spiro atoms. The Morgan fingerprint density at radius 1 is 1.14 bits per heavy atom. The number of ether oxygens (including phenoxy) is 1. The van der Waals surface area contributed by atoms with Gasteiger partial charge in [0.15, 0.2) is 0 Å². The van der Waals surface area contributed by atoms with Gasteiger partial charge in [-0.25, -0.2) is 4.39 Å². The summed E-state index contributed by atoms with van der Waals surface area (Å²) in [6, 6.07) is 11.1. The van der Waals surface area contributed by atoms with Crippen LogP contribution in [0.4, 0.5) is 4.39 Å². The van der Waals surface area contributed by atoms with Gasteiger partial charge in [0.1, 0.15) is 11.6 Å². The molecule has 2 aliphatic rings. The molecule has 2 unspecified atom stereocenters. The number of hydrogen-bond donors (Lipinski definition) is 1. The van der Waals surface area contributed by atoms with Crippen molar-refractivity contribution in [2.24, 2.45) is 0 Å². The van der Waals surface area contributed by atoms with Gasteiger partial charge in [0, 0.05) is 23.7 Å². The standard InChI is InChI=1S/C22H19ClFNO4/c23-15-7-3-13(4-8-15)19-18(20(26)14-5-9-16(24)10-6-14)21(27)22(28)25(19)12-17-2-1-11-29-17/h3-10,17,19,26H,1-2,11-12H2/b20-18-. The van der Waals surface area contributed by atoms with Crippen molar-refractivity contribution >= 4 is 29.1 Å². The Labute approximate surface area is 172 Å². The van der Waals surface area contributed by atoms with Crippen LogP contribution in [0.3, 0.4) is 0 Å². The lowest BCUT2D eigenvalue weighted by molar-refractivity contribution is -0.140. The van der Waals surface area contributed by atoms with Crippen LogP contribution >= 0.6 is 11.6 Å². The maximum atomic E-state index is 13.3. The van der Waals surface area contributed by atoms with Crippen molar-refractivity contribution in [3.05, 3.63) is 76.1 Å². The van der Waals surface area contributed by atoms with Gasteiger partial charge in [-0.1, -0.05) is 23.7 Å². The van der Waals surface area contributed by atoms with Gasteiger partial charge >= 0.3 is 0 Å². The first-order valence-corrected chi connectivity index (χ1v) is 9.75. The number of aliphatic hydroxyl groups excluding tert-OH is 1. The van der Waals surface area contributed by atoms with E-state index in [0.717, 1.165) is 12.8 Å². The fourth-order valence-corrected chi connectivity index (χ4v) is 3.96. The summed E-state index contributed by atoms with van der Waals surface area (Å²) < 4.78 is 18.9. The lowest BCUT2D eigenvalue weighted by atomic mass is 9.95. The second kappa shape index (κ2) is 7.97. The van der Waals surface area contributed by atoms with Crippen LogP contribution in [-0.2, 0) is 14.3 Å². The summed E-state index contributed by atoms with van der Waals surface area (Å²) in [5.74, 6) is -2.26. The van der Waals surface area contributed by atoms with Crippen molar-refractivity contribution in [3.8, 4) is 0 Å². The van der Waals surface area contributed by atoms with Crippen LogP contribution in [0.15, 0.2) is 54.1 Å². The van der Waals surface area contributed by atoms with Crippen molar-refractivity contribution in [2.75, 3.05) is 13.2 Å². The number of amides is 1. The minimum atomic E-state index is -0.776. The first kappa shape index (κ1) is 19.6. The average molecular weight is 416 g/mol. The van der Waals surface area contributed by atoms with Crippen LogP contribution in [0.25, 0.3) is 5.76 Å². The molecule has 2 heterocycles. The van der Waals surface area contributed by atoms with Gasteiger partial charge in [-0.15, -0.1) is 0 Å². The summed E-state index contributed by atoms with van der Waals surface area (Å²) in [5, 5.41) is 11.4. The van der Waals surface area contributed by atoms with Crippen LogP contribution in [0, 0.1) is 5.82 Å². The quantitative estimate of drug-likeness (QED) is 0.464. The van der Waals surface area contributed by atoms with E-state index in [1.54, 1.807) is 24.3 Å². The van der Waals surface area contributed by atoms with Crippen molar-refractivity contribution in [1.29, 1.82) is 0 Å². The molecule has 2 atom stereocenters. The third-order valence-electron chi connectivity index (χ3n) is 5.27. The third-order valence-corrected chi connectivity index (χ3v) is 5.52. The molecule has 7 heteroatoms. The molecule has 0 aliphatic carbocycles. The van der Waals surface area contributed by atoms with E-state index in [1.165, 1.54) is 29.2 Å². The van der Waals surface area contributed by atoms with Gasteiger partial charge in [0.25, 0.3) is 11.7 Å². The zero-order valence-electron chi connectivity index (χ0n) is 15.5. The Bertz CT molecular complexity index is 965. The molecule has 0 saturated carbocycles. The molecule has 1 N–H and O–H groups in total. The molecule has 0 radical (unpaired) electrons. The van der Waals surface area contributed by atoms with Crippen LogP contribution < -0.4 is 0 Å². The second-order valence-corrected chi connectivity index (χ2v) is 7.58. The highest BCUT2D eigenvalue weighted by Gasteiger charge is 2.47. The number of nitrogens with zero attached hydrogens (tertiary/aromatic N) is 1. The fourth-order valence-electron chi connectivity index (χ4n) is 3.83. The highest BCUT2D eigenvalue weighted by Crippen LogP contribution is 2.40. The number of ketones is 1. The van der Waals surface area contributed by atoms with Crippen LogP contribution in [0.5, 0.6) is 0 Å². The molecule has 5 nitrogen and oxygen atoms in total. The molecule has 2 aromatic carbocycles. The lowest BCUT2D eigenvalue weighted by Crippen LogP contribution is -2.36. The van der Waals surface area contributed by atoms with Crippen LogP contribution in [0.1, 0.15) is 30.0 Å². The predicted octanol–water partition coefficient (Wildman–Crippen LogP) is 4.08. The Hall–Kier alpha value is -2.70. The summed E-state index contributed by atoms with van der Waals surface area (Å²) in [6.07, 6.45) is 1.54. The summed E-state index contributed by atoms with van der Waals surface area (Å²) in [5.41, 5.74) is 0.887. The van der Waals surface area contributed by atoms with Crippen molar-refractivity contribution < 1.29 is 23.8 Å². The number of Topliss-reactive ketones (excluding diaryl/α,β-unsaturated/α-hetero) is 1. The number of hydrogen-bond acceptors (Lipinski definition) is 4. The van der Waals surface area contributed by atoms with Gasteiger partial charge in [0.05, 0.1) is 17.7 Å². The molecular weight excluding hydrogens is 397 g/mol. The molecule has 2 aromatic rings. The minimum absolute atomic E-state index is 0.0260. The molecule has 150 valence electrons. The third kappa shape index (κ3) is 3.78. The van der Waals surface area contributed by atoms with E-state index in [-0.39, 0.29) is 29.5 Å². The number of benzene rings is 2. The number of likely N-dealkylation sites (tertiary alicyclic amines) is 1. The van der Waals surface area contributed by atoms with Crippen LogP contribution in [-0.4, -0.2) is 41.0 Å². The lowest BCUT2D eigenvalue weighted by Gasteiger charge is -2.27. The van der Waals surface area contributed by atoms with Crippen molar-refractivity contribution in [3.63, 3.8) is 0 Å². The number of carbonyl (C=O) groups excluding carboxylic acids is 2. The van der Waals surface area contributed by atoms with Gasteiger partial charge in [-0.05, 0) is 54.8 Å². The summed E-state index contributed by atoms with van der Waals surface area (Å²) >= 11 is 5.99. The summed E-state index contributed by atoms with van der Waals surface area (Å²) in [6.45, 7) is 0.869. The minimum Gasteiger partial charge on any atom is -0.507 e. The highest BCUT2D eigenvalue weighted by molar-refractivity contribution is 6.46. The molecule has 0 bridgehead atoms. The second-order valence-electron chi connectivity index (χ2n) is 7.14. The van der Waals surface area contributed by atoms with E-state index in [1.807, 2.05) is 0 Å². The normalized spacial score (nSPS) is 23.7. The molecule has 1 amide bonds. The summed E-state index contributed by atoms with van der Waals surface area (Å²) in [4.78, 5) is 27.1. The number of halogens is 2. The molecule has 4 rings (SSSR count). The molecule has 2 aliphatic heterocycles. The zero-order chi connectivity index (χ0) is 20.5. The molecule has 0 aromatic heterocycles. The predicted molar refractivity (Wildman–Crippen MR) is 106 cm³/mol. The Morgan fingerprint density at radius 3 is 2.45 bits per heavy atom. The average Bonchev–Trinajstić information content (AvgIpc) is 3.31. The largest absolute Gasteiger partial charge is 0.507 e. The topological polar surface area (TPSA) is 66.8 Å². The Morgan fingerprint density at radius 2 is 1.83 bits per heavy atom. The number of aliphatic hydroxyl groups is 1. The SMILES string of the molecule is O=C1C(=O)N(CC2CCCO2)C(c2ccc(Cl)cc2)/C1=C(/O)c1ccc(F)cc1. The highest BCUT2D eigenvalue weighted by atomic mass is 35.5. The summed E-state index contributed by atoms with van der Waals surface area (Å²) in [7, 11) is 0. The number of carbonyl (C=O) groups is 2. The Balaban J connectivity index is 1.81. The maximum absolute atomic E-state index is 13.3. The molecular formula is C22H19ClFNO4.